The van der Waals surface area contributed by atoms with Crippen LogP contribution in [0.2, 0.25) is 0 Å². The molecule has 0 heterocycles. The van der Waals surface area contributed by atoms with Gasteiger partial charge in [0.2, 0.25) is 0 Å². The van der Waals surface area contributed by atoms with Gasteiger partial charge in [0.25, 0.3) is 0 Å². The van der Waals surface area contributed by atoms with Crippen LogP contribution in [0.15, 0.2) is 11.6 Å². The van der Waals surface area contributed by atoms with Gasteiger partial charge in [-0.3, -0.25) is 0 Å². The molecule has 4 nitrogen and oxygen atoms in total. The molecule has 0 radical (unpaired) electrons. The lowest BCUT2D eigenvalue weighted by atomic mass is 9.96. The molecule has 0 aromatic heterocycles. The van der Waals surface area contributed by atoms with Crippen LogP contribution in [0.5, 0.6) is 0 Å². The Morgan fingerprint density at radius 2 is 1.65 bits per heavy atom. The molecule has 0 aromatic rings. The molecule has 26 heavy (non-hydrogen) atoms. The monoisotopic (exact) mass is 372 g/mol. The fourth-order valence-electron chi connectivity index (χ4n) is 2.56. The van der Waals surface area contributed by atoms with Gasteiger partial charge >= 0.3 is 0 Å². The van der Waals surface area contributed by atoms with E-state index in [9.17, 15) is 9.90 Å². The lowest BCUT2D eigenvalue weighted by molar-refractivity contribution is -0.113. The van der Waals surface area contributed by atoms with Crippen molar-refractivity contribution in [3.05, 3.63) is 11.6 Å². The standard InChI is InChI=1S/C12H24O2.C10H20O2/c1-10(2)7-6-8-11(3)9-12(13-4)14-5;1-9(6-8-11)5-4-7-10(2,3)12/h7,11-12H,6,8-9H2,1-5H3;8-9,12H,4-7H2,1-3H3. The average molecular weight is 373 g/mol. The zero-order valence-corrected chi connectivity index (χ0v) is 18.5. The van der Waals surface area contributed by atoms with Gasteiger partial charge in [-0.15, -0.1) is 0 Å². The second-order valence-corrected chi connectivity index (χ2v) is 8.31. The molecule has 1 N–H and O–H groups in total. The molecule has 0 aliphatic heterocycles. The number of rotatable bonds is 13. The zero-order valence-electron chi connectivity index (χ0n) is 18.5. The summed E-state index contributed by atoms with van der Waals surface area (Å²) in [6.45, 7) is 12.2. The van der Waals surface area contributed by atoms with Crippen molar-refractivity contribution in [1.29, 1.82) is 0 Å². The van der Waals surface area contributed by atoms with Gasteiger partial charge in [0.15, 0.2) is 6.29 Å². The molecule has 0 saturated carbocycles. The van der Waals surface area contributed by atoms with Gasteiger partial charge in [-0.1, -0.05) is 38.3 Å². The number of ether oxygens (including phenoxy) is 2. The first-order valence-corrected chi connectivity index (χ1v) is 9.90. The summed E-state index contributed by atoms with van der Waals surface area (Å²) >= 11 is 0. The van der Waals surface area contributed by atoms with Crippen LogP contribution in [-0.2, 0) is 14.3 Å². The van der Waals surface area contributed by atoms with Gasteiger partial charge in [-0.05, 0) is 58.8 Å². The molecular weight excluding hydrogens is 328 g/mol. The molecular formula is C22H44O4. The van der Waals surface area contributed by atoms with Crippen LogP contribution >= 0.6 is 0 Å². The third-order valence-corrected chi connectivity index (χ3v) is 4.32. The van der Waals surface area contributed by atoms with Crippen LogP contribution < -0.4 is 0 Å². The van der Waals surface area contributed by atoms with E-state index in [-0.39, 0.29) is 6.29 Å². The molecule has 0 saturated heterocycles. The van der Waals surface area contributed by atoms with Crippen LogP contribution in [0.25, 0.3) is 0 Å². The van der Waals surface area contributed by atoms with Crippen molar-refractivity contribution in [2.75, 3.05) is 14.2 Å². The Bertz CT molecular complexity index is 350. The van der Waals surface area contributed by atoms with Crippen molar-refractivity contribution in [2.45, 2.75) is 98.4 Å². The second kappa shape index (κ2) is 16.5. The summed E-state index contributed by atoms with van der Waals surface area (Å²) in [6, 6.07) is 0. The van der Waals surface area contributed by atoms with E-state index < -0.39 is 5.60 Å². The van der Waals surface area contributed by atoms with Crippen LogP contribution in [0.3, 0.4) is 0 Å². The first-order chi connectivity index (χ1) is 12.1. The van der Waals surface area contributed by atoms with Crippen molar-refractivity contribution in [1.82, 2.24) is 0 Å². The van der Waals surface area contributed by atoms with E-state index in [4.69, 9.17) is 9.47 Å². The van der Waals surface area contributed by atoms with Gasteiger partial charge < -0.3 is 19.4 Å². The number of hydrogen-bond donors (Lipinski definition) is 1. The van der Waals surface area contributed by atoms with Crippen molar-refractivity contribution in [3.63, 3.8) is 0 Å². The predicted molar refractivity (Wildman–Crippen MR) is 110 cm³/mol. The maximum absolute atomic E-state index is 10.1. The number of aldehydes is 1. The highest BCUT2D eigenvalue weighted by molar-refractivity contribution is 5.49. The fourth-order valence-corrected chi connectivity index (χ4v) is 2.56. The van der Waals surface area contributed by atoms with Crippen LogP contribution in [0.4, 0.5) is 0 Å². The van der Waals surface area contributed by atoms with Crippen LogP contribution in [0, 0.1) is 11.8 Å². The minimum atomic E-state index is -0.555. The summed E-state index contributed by atoms with van der Waals surface area (Å²) in [7, 11) is 3.38. The Kier molecular flexibility index (Phi) is 17.4. The minimum absolute atomic E-state index is 0.0447. The van der Waals surface area contributed by atoms with E-state index in [0.29, 0.717) is 18.3 Å². The SMILES string of the molecule is CC(CC=O)CCCC(C)(C)O.COC(CC(C)CCC=C(C)C)OC. The molecule has 0 aromatic carbocycles. The smallest absolute Gasteiger partial charge is 0.157 e. The molecule has 0 aliphatic carbocycles. The molecule has 2 unspecified atom stereocenters. The Morgan fingerprint density at radius 1 is 1.08 bits per heavy atom. The lowest BCUT2D eigenvalue weighted by Gasteiger charge is -2.17. The maximum Gasteiger partial charge on any atom is 0.157 e. The molecule has 0 fully saturated rings. The number of aliphatic hydroxyl groups is 1. The van der Waals surface area contributed by atoms with E-state index in [1.54, 1.807) is 14.2 Å². The first-order valence-electron chi connectivity index (χ1n) is 9.90. The highest BCUT2D eigenvalue weighted by atomic mass is 16.7. The summed E-state index contributed by atoms with van der Waals surface area (Å²) in [6.07, 6.45) is 10.0. The molecule has 0 spiro atoms. The van der Waals surface area contributed by atoms with E-state index in [1.807, 2.05) is 13.8 Å². The molecule has 0 amide bonds. The Morgan fingerprint density at radius 3 is 2.08 bits per heavy atom. The van der Waals surface area contributed by atoms with Gasteiger partial charge in [-0.25, -0.2) is 0 Å². The van der Waals surface area contributed by atoms with Gasteiger partial charge in [-0.2, -0.15) is 0 Å². The Hall–Kier alpha value is -0.710. The molecule has 0 bridgehead atoms. The fraction of sp³-hybridized carbons (Fsp3) is 0.864. The number of hydrogen-bond acceptors (Lipinski definition) is 4. The number of carbonyl (C=O) groups excluding carboxylic acids is 1. The highest BCUT2D eigenvalue weighted by Gasteiger charge is 2.12. The number of methoxy groups -OCH3 is 2. The molecule has 4 heteroatoms. The summed E-state index contributed by atoms with van der Waals surface area (Å²) in [5.41, 5.74) is 0.841. The van der Waals surface area contributed by atoms with Crippen LogP contribution in [-0.4, -0.2) is 37.5 Å². The molecule has 0 rings (SSSR count). The molecule has 2 atom stereocenters. The van der Waals surface area contributed by atoms with Crippen LogP contribution in [0.1, 0.15) is 86.5 Å². The number of carbonyl (C=O) groups is 1. The van der Waals surface area contributed by atoms with Gasteiger partial charge in [0, 0.05) is 27.1 Å². The van der Waals surface area contributed by atoms with E-state index in [2.05, 4.69) is 33.8 Å². The van der Waals surface area contributed by atoms with E-state index >= 15 is 0 Å². The highest BCUT2D eigenvalue weighted by Crippen LogP contribution is 2.17. The maximum atomic E-state index is 10.1. The third kappa shape index (κ3) is 21.3. The van der Waals surface area contributed by atoms with Gasteiger partial charge in [0.1, 0.15) is 6.29 Å². The average Bonchev–Trinajstić information content (AvgIpc) is 2.52. The van der Waals surface area contributed by atoms with Crippen molar-refractivity contribution in [3.8, 4) is 0 Å². The Labute approximate surface area is 162 Å². The van der Waals surface area contributed by atoms with Gasteiger partial charge in [0.05, 0.1) is 5.60 Å². The second-order valence-electron chi connectivity index (χ2n) is 8.31. The third-order valence-electron chi connectivity index (χ3n) is 4.32. The van der Waals surface area contributed by atoms with E-state index in [0.717, 1.165) is 38.4 Å². The Balaban J connectivity index is 0. The molecule has 156 valence electrons. The molecule has 0 aliphatic rings. The minimum Gasteiger partial charge on any atom is -0.390 e. The lowest BCUT2D eigenvalue weighted by Crippen LogP contribution is -2.18. The van der Waals surface area contributed by atoms with Crippen molar-refractivity contribution < 1.29 is 19.4 Å². The quantitative estimate of drug-likeness (QED) is 0.262. The number of allylic oxidation sites excluding steroid dienone is 2. The summed E-state index contributed by atoms with van der Waals surface area (Å²) < 4.78 is 10.3. The summed E-state index contributed by atoms with van der Waals surface area (Å²) in [5.74, 6) is 1.11. The zero-order chi connectivity index (χ0) is 20.6. The summed E-state index contributed by atoms with van der Waals surface area (Å²) in [4.78, 5) is 10.1. The topological polar surface area (TPSA) is 55.8 Å². The largest absolute Gasteiger partial charge is 0.390 e. The van der Waals surface area contributed by atoms with Crippen molar-refractivity contribution in [2.24, 2.45) is 11.8 Å². The first kappa shape index (κ1) is 27.5. The van der Waals surface area contributed by atoms with E-state index in [1.165, 1.54) is 12.0 Å². The van der Waals surface area contributed by atoms with Crippen molar-refractivity contribution >= 4 is 6.29 Å². The normalized spacial score (nSPS) is 13.6. The summed E-state index contributed by atoms with van der Waals surface area (Å²) in [5, 5.41) is 9.39. The predicted octanol–water partition coefficient (Wildman–Crippen LogP) is 5.53.